The highest BCUT2D eigenvalue weighted by molar-refractivity contribution is 6.30. The van der Waals surface area contributed by atoms with Gasteiger partial charge in [-0.1, -0.05) is 30.7 Å². The van der Waals surface area contributed by atoms with E-state index in [2.05, 4.69) is 10.3 Å². The molecule has 1 fully saturated rings. The molecule has 8 nitrogen and oxygen atoms in total. The lowest BCUT2D eigenvalue weighted by atomic mass is 9.96. The Balaban J connectivity index is 1.66. The fourth-order valence-corrected chi connectivity index (χ4v) is 3.52. The number of rotatable bonds is 9. The molecule has 0 aliphatic heterocycles. The van der Waals surface area contributed by atoms with E-state index >= 15 is 0 Å². The Hall–Kier alpha value is -3.39. The van der Waals surface area contributed by atoms with Gasteiger partial charge in [-0.15, -0.1) is 0 Å². The minimum atomic E-state index is -0.776. The van der Waals surface area contributed by atoms with Crippen LogP contribution in [0.3, 0.4) is 0 Å². The van der Waals surface area contributed by atoms with Gasteiger partial charge in [0.1, 0.15) is 5.75 Å². The van der Waals surface area contributed by atoms with Crippen LogP contribution in [-0.4, -0.2) is 26.0 Å². The number of hydrogen-bond donors (Lipinski definition) is 1. The molecule has 0 amide bonds. The minimum absolute atomic E-state index is 0.0906. The first-order valence-corrected chi connectivity index (χ1v) is 11.3. The maximum absolute atomic E-state index is 13.2. The molecule has 0 bridgehead atoms. The van der Waals surface area contributed by atoms with Gasteiger partial charge < -0.3 is 10.1 Å². The number of ether oxygens (including phenoxy) is 1. The third kappa shape index (κ3) is 5.51. The fourth-order valence-electron chi connectivity index (χ4n) is 3.39. The van der Waals surface area contributed by atoms with Crippen LogP contribution < -0.4 is 21.4 Å². The molecule has 1 aliphatic carbocycles. The Bertz CT molecular complexity index is 1250. The number of aromatic nitrogens is 3. The summed E-state index contributed by atoms with van der Waals surface area (Å²) < 4.78 is 8.08. The maximum atomic E-state index is 13.2. The molecule has 0 atom stereocenters. The molecule has 4 rings (SSSR count). The lowest BCUT2D eigenvalue weighted by molar-refractivity contribution is -0.119. The molecule has 1 aliphatic rings. The van der Waals surface area contributed by atoms with Gasteiger partial charge in [0.15, 0.2) is 5.78 Å². The van der Waals surface area contributed by atoms with E-state index in [0.29, 0.717) is 10.7 Å². The second-order valence-electron chi connectivity index (χ2n) is 8.01. The van der Waals surface area contributed by atoms with Crippen molar-refractivity contribution >= 4 is 29.0 Å². The second-order valence-corrected chi connectivity index (χ2v) is 8.45. The molecule has 0 saturated heterocycles. The van der Waals surface area contributed by atoms with Crippen molar-refractivity contribution in [3.63, 3.8) is 0 Å². The summed E-state index contributed by atoms with van der Waals surface area (Å²) >= 11 is 5.97. The van der Waals surface area contributed by atoms with Crippen LogP contribution in [-0.2, 0) is 17.9 Å². The van der Waals surface area contributed by atoms with Crippen LogP contribution in [0.4, 0.5) is 11.6 Å². The maximum Gasteiger partial charge on any atom is 0.355 e. The van der Waals surface area contributed by atoms with Gasteiger partial charge in [0.05, 0.1) is 19.2 Å². The lowest BCUT2D eigenvalue weighted by Gasteiger charge is -2.26. The molecule has 1 saturated carbocycles. The number of nitrogens with one attached hydrogen (secondary N) is 1. The van der Waals surface area contributed by atoms with Gasteiger partial charge in [0.2, 0.25) is 5.95 Å². The first-order chi connectivity index (χ1) is 15.9. The summed E-state index contributed by atoms with van der Waals surface area (Å²) in [5.74, 6) is 0.634. The van der Waals surface area contributed by atoms with Gasteiger partial charge in [-0.3, -0.25) is 9.36 Å². The second kappa shape index (κ2) is 10.0. The van der Waals surface area contributed by atoms with Crippen molar-refractivity contribution in [2.75, 3.05) is 5.32 Å². The first-order valence-electron chi connectivity index (χ1n) is 10.9. The van der Waals surface area contributed by atoms with Crippen molar-refractivity contribution in [2.24, 2.45) is 0 Å². The van der Waals surface area contributed by atoms with E-state index in [9.17, 15) is 14.4 Å². The molecule has 2 aromatic carbocycles. The molecule has 0 unspecified atom stereocenters. The normalized spacial score (nSPS) is 13.4. The first kappa shape index (κ1) is 22.8. The summed E-state index contributed by atoms with van der Waals surface area (Å²) in [4.78, 5) is 41.8. The van der Waals surface area contributed by atoms with Gasteiger partial charge in [-0.2, -0.15) is 4.98 Å². The van der Waals surface area contributed by atoms with Crippen LogP contribution in [0.15, 0.2) is 58.1 Å². The number of hydrogen-bond acceptors (Lipinski definition) is 6. The van der Waals surface area contributed by atoms with E-state index < -0.39 is 11.4 Å². The molecule has 0 radical (unpaired) electrons. The molecule has 1 N–H and O–H groups in total. The zero-order chi connectivity index (χ0) is 23.4. The van der Waals surface area contributed by atoms with Crippen LogP contribution in [0.2, 0.25) is 5.02 Å². The summed E-state index contributed by atoms with van der Waals surface area (Å²) in [6, 6.07) is 14.3. The smallest absolute Gasteiger partial charge is 0.355 e. The van der Waals surface area contributed by atoms with Crippen molar-refractivity contribution in [2.45, 2.75) is 51.8 Å². The number of carbonyl (C=O) groups is 1. The van der Waals surface area contributed by atoms with Crippen LogP contribution in [0.25, 0.3) is 0 Å². The number of benzene rings is 2. The number of nitrogens with zero attached hydrogens (tertiary/aromatic N) is 3. The number of Topliss-reactive ketones (excluding diaryl/α,β-unsaturated/α-hetero) is 1. The molecule has 0 spiro atoms. The van der Waals surface area contributed by atoms with Crippen molar-refractivity contribution in [3.05, 3.63) is 80.1 Å². The zero-order valence-electron chi connectivity index (χ0n) is 18.3. The Labute approximate surface area is 195 Å². The van der Waals surface area contributed by atoms with E-state index in [1.165, 1.54) is 11.0 Å². The zero-order valence-corrected chi connectivity index (χ0v) is 19.0. The minimum Gasteiger partial charge on any atom is -0.490 e. The molecular weight excluding hydrogens is 444 g/mol. The van der Waals surface area contributed by atoms with E-state index in [0.717, 1.165) is 28.7 Å². The van der Waals surface area contributed by atoms with E-state index in [4.69, 9.17) is 16.3 Å². The average Bonchev–Trinajstić information content (AvgIpc) is 2.78. The quantitative estimate of drug-likeness (QED) is 0.513. The standard InChI is InChI=1S/C24H25ClN4O4/c1-2-19(30)15-29-23(31)27-22(28(24(29)32)14-16-6-8-17(25)9-7-16)26-18-10-12-21(13-11-18)33-20-4-3-5-20/h6-13,20H,2-5,14-15H2,1H3,(H,26,27,31). The Kier molecular flexibility index (Phi) is 6.93. The topological polar surface area (TPSA) is 95.2 Å². The summed E-state index contributed by atoms with van der Waals surface area (Å²) in [5.41, 5.74) is 0.0536. The third-order valence-corrected chi connectivity index (χ3v) is 5.85. The van der Waals surface area contributed by atoms with Crippen LogP contribution in [0.1, 0.15) is 38.2 Å². The fraction of sp³-hybridized carbons (Fsp3) is 0.333. The Morgan fingerprint density at radius 1 is 1.09 bits per heavy atom. The van der Waals surface area contributed by atoms with Gasteiger partial charge in [-0.05, 0) is 61.2 Å². The van der Waals surface area contributed by atoms with Crippen molar-refractivity contribution in [1.29, 1.82) is 0 Å². The van der Waals surface area contributed by atoms with E-state index in [1.54, 1.807) is 43.3 Å². The highest BCUT2D eigenvalue weighted by Gasteiger charge is 2.19. The summed E-state index contributed by atoms with van der Waals surface area (Å²) in [6.45, 7) is 1.52. The Morgan fingerprint density at radius 2 is 1.79 bits per heavy atom. The van der Waals surface area contributed by atoms with Crippen molar-refractivity contribution in [3.8, 4) is 5.75 Å². The van der Waals surface area contributed by atoms with Gasteiger partial charge in [0, 0.05) is 17.1 Å². The predicted molar refractivity (Wildman–Crippen MR) is 127 cm³/mol. The number of ketones is 1. The lowest BCUT2D eigenvalue weighted by Crippen LogP contribution is -2.44. The monoisotopic (exact) mass is 468 g/mol. The Morgan fingerprint density at radius 3 is 2.39 bits per heavy atom. The number of anilines is 2. The van der Waals surface area contributed by atoms with Crippen LogP contribution in [0, 0.1) is 0 Å². The summed E-state index contributed by atoms with van der Waals surface area (Å²) in [7, 11) is 0. The predicted octanol–water partition coefficient (Wildman–Crippen LogP) is 3.76. The molecule has 172 valence electrons. The molecule has 1 aromatic heterocycles. The van der Waals surface area contributed by atoms with Crippen LogP contribution in [0.5, 0.6) is 5.75 Å². The molecule has 1 heterocycles. The number of carbonyl (C=O) groups excluding carboxylic acids is 1. The van der Waals surface area contributed by atoms with E-state index in [1.807, 2.05) is 12.1 Å². The molecular formula is C24H25ClN4O4. The van der Waals surface area contributed by atoms with Gasteiger partial charge >= 0.3 is 11.4 Å². The largest absolute Gasteiger partial charge is 0.490 e. The molecule has 33 heavy (non-hydrogen) atoms. The summed E-state index contributed by atoms with van der Waals surface area (Å²) in [5, 5.41) is 3.64. The third-order valence-electron chi connectivity index (χ3n) is 5.60. The highest BCUT2D eigenvalue weighted by atomic mass is 35.5. The van der Waals surface area contributed by atoms with Crippen molar-refractivity contribution < 1.29 is 9.53 Å². The summed E-state index contributed by atoms with van der Waals surface area (Å²) in [6.07, 6.45) is 3.82. The molecule has 3 aromatic rings. The highest BCUT2D eigenvalue weighted by Crippen LogP contribution is 2.26. The van der Waals surface area contributed by atoms with Gasteiger partial charge in [0.25, 0.3) is 0 Å². The number of halogens is 1. The van der Waals surface area contributed by atoms with Crippen LogP contribution >= 0.6 is 11.6 Å². The van der Waals surface area contributed by atoms with Crippen molar-refractivity contribution in [1.82, 2.24) is 14.1 Å². The average molecular weight is 469 g/mol. The van der Waals surface area contributed by atoms with Gasteiger partial charge in [-0.25, -0.2) is 14.2 Å². The van der Waals surface area contributed by atoms with E-state index in [-0.39, 0.29) is 37.3 Å². The SMILES string of the molecule is CCC(=O)Cn1c(=O)nc(Nc2ccc(OC3CCC3)cc2)n(Cc2ccc(Cl)cc2)c1=O. The molecule has 9 heteroatoms.